The van der Waals surface area contributed by atoms with E-state index in [-0.39, 0.29) is 6.04 Å². The average molecular weight is 213 g/mol. The first-order chi connectivity index (χ1) is 7.19. The fourth-order valence-corrected chi connectivity index (χ4v) is 2.05. The van der Waals surface area contributed by atoms with Crippen LogP contribution in [0.25, 0.3) is 0 Å². The van der Waals surface area contributed by atoms with Crippen molar-refractivity contribution in [2.24, 2.45) is 5.73 Å². The predicted molar refractivity (Wildman–Crippen MR) is 54.0 cm³/mol. The lowest BCUT2D eigenvalue weighted by atomic mass is 10.2. The van der Waals surface area contributed by atoms with E-state index in [4.69, 9.17) is 10.3 Å². The molecule has 5 heteroatoms. The molecule has 1 saturated heterocycles. The van der Waals surface area contributed by atoms with Crippen molar-refractivity contribution in [2.45, 2.75) is 32.1 Å². The Morgan fingerprint density at radius 1 is 1.73 bits per heavy atom. The van der Waals surface area contributed by atoms with Gasteiger partial charge in [-0.1, -0.05) is 5.16 Å². The summed E-state index contributed by atoms with van der Waals surface area (Å²) in [7, 11) is 0. The molecule has 1 aliphatic heterocycles. The van der Waals surface area contributed by atoms with Gasteiger partial charge in [-0.25, -0.2) is 4.39 Å². The van der Waals surface area contributed by atoms with Crippen LogP contribution in [0.1, 0.15) is 17.9 Å². The van der Waals surface area contributed by atoms with Crippen LogP contribution in [0.4, 0.5) is 4.39 Å². The second-order valence-corrected chi connectivity index (χ2v) is 4.09. The van der Waals surface area contributed by atoms with Crippen LogP contribution in [-0.2, 0) is 6.54 Å². The number of aryl methyl sites for hydroxylation is 1. The highest BCUT2D eigenvalue weighted by atomic mass is 19.1. The minimum atomic E-state index is -0.762. The van der Waals surface area contributed by atoms with Crippen LogP contribution in [0, 0.1) is 6.92 Å². The van der Waals surface area contributed by atoms with E-state index in [1.807, 2.05) is 17.9 Å². The van der Waals surface area contributed by atoms with Gasteiger partial charge >= 0.3 is 0 Å². The molecule has 2 heterocycles. The van der Waals surface area contributed by atoms with E-state index >= 15 is 0 Å². The second-order valence-electron chi connectivity index (χ2n) is 4.09. The number of aromatic nitrogens is 1. The van der Waals surface area contributed by atoms with Crippen LogP contribution in [-0.4, -0.2) is 35.4 Å². The van der Waals surface area contributed by atoms with E-state index in [0.29, 0.717) is 26.1 Å². The van der Waals surface area contributed by atoms with E-state index in [1.54, 1.807) is 0 Å². The quantitative estimate of drug-likeness (QED) is 0.809. The number of hydrogen-bond donors (Lipinski definition) is 1. The molecule has 0 saturated carbocycles. The highest BCUT2D eigenvalue weighted by molar-refractivity contribution is 5.04. The first-order valence-corrected chi connectivity index (χ1v) is 5.19. The molecule has 1 aliphatic rings. The summed E-state index contributed by atoms with van der Waals surface area (Å²) in [6.07, 6.45) is -0.230. The Bertz CT molecular complexity index is 328. The lowest BCUT2D eigenvalue weighted by Crippen LogP contribution is -2.34. The van der Waals surface area contributed by atoms with Gasteiger partial charge in [0.15, 0.2) is 5.76 Å². The number of alkyl halides is 1. The third kappa shape index (κ3) is 2.35. The fourth-order valence-electron chi connectivity index (χ4n) is 2.05. The monoisotopic (exact) mass is 213 g/mol. The van der Waals surface area contributed by atoms with Crippen molar-refractivity contribution < 1.29 is 8.91 Å². The summed E-state index contributed by atoms with van der Waals surface area (Å²) in [6.45, 7) is 3.41. The lowest BCUT2D eigenvalue weighted by Gasteiger charge is -2.20. The Morgan fingerprint density at radius 3 is 3.13 bits per heavy atom. The summed E-state index contributed by atoms with van der Waals surface area (Å²) in [4.78, 5) is 2.02. The Labute approximate surface area is 88.2 Å². The molecule has 0 amide bonds. The summed E-state index contributed by atoms with van der Waals surface area (Å²) >= 11 is 0. The molecule has 15 heavy (non-hydrogen) atoms. The number of rotatable bonds is 3. The topological polar surface area (TPSA) is 55.3 Å². The van der Waals surface area contributed by atoms with Crippen molar-refractivity contribution in [3.8, 4) is 0 Å². The van der Waals surface area contributed by atoms with Crippen LogP contribution in [0.5, 0.6) is 0 Å². The summed E-state index contributed by atoms with van der Waals surface area (Å²) in [5, 5.41) is 3.80. The first-order valence-electron chi connectivity index (χ1n) is 5.19. The molecule has 0 bridgehead atoms. The standard InChI is InChI=1S/C10H16FN3O/c1-7-2-10(15-13-7)6-14-5-8(11)3-9(14)4-12/h2,8-9H,3-6,12H2,1H3. The molecule has 2 N–H and O–H groups in total. The molecule has 1 aromatic rings. The summed E-state index contributed by atoms with van der Waals surface area (Å²) in [5.74, 6) is 0.778. The maximum atomic E-state index is 13.2. The molecule has 1 aromatic heterocycles. The van der Waals surface area contributed by atoms with Gasteiger partial charge in [0.05, 0.1) is 12.2 Å². The van der Waals surface area contributed by atoms with Gasteiger partial charge in [-0.15, -0.1) is 0 Å². The van der Waals surface area contributed by atoms with Crippen LogP contribution >= 0.6 is 0 Å². The molecule has 84 valence electrons. The highest BCUT2D eigenvalue weighted by Gasteiger charge is 2.31. The molecule has 0 spiro atoms. The van der Waals surface area contributed by atoms with Crippen LogP contribution < -0.4 is 5.73 Å². The van der Waals surface area contributed by atoms with Crippen LogP contribution in [0.2, 0.25) is 0 Å². The first kappa shape index (κ1) is 10.6. The van der Waals surface area contributed by atoms with E-state index in [2.05, 4.69) is 5.16 Å². The third-order valence-electron chi connectivity index (χ3n) is 2.78. The molecular formula is C10H16FN3O. The molecule has 2 unspecified atom stereocenters. The van der Waals surface area contributed by atoms with Crippen LogP contribution in [0.3, 0.4) is 0 Å². The lowest BCUT2D eigenvalue weighted by molar-refractivity contribution is 0.210. The number of hydrogen-bond acceptors (Lipinski definition) is 4. The van der Waals surface area contributed by atoms with E-state index in [0.717, 1.165) is 11.5 Å². The smallest absolute Gasteiger partial charge is 0.150 e. The third-order valence-corrected chi connectivity index (χ3v) is 2.78. The van der Waals surface area contributed by atoms with Gasteiger partial charge in [0.2, 0.25) is 0 Å². The largest absolute Gasteiger partial charge is 0.360 e. The van der Waals surface area contributed by atoms with Gasteiger partial charge in [-0.2, -0.15) is 0 Å². The normalized spacial score (nSPS) is 27.4. The minimum Gasteiger partial charge on any atom is -0.360 e. The van der Waals surface area contributed by atoms with Crippen molar-refractivity contribution in [3.05, 3.63) is 17.5 Å². The minimum absolute atomic E-state index is 0.130. The van der Waals surface area contributed by atoms with Crippen LogP contribution in [0.15, 0.2) is 10.6 Å². The van der Waals surface area contributed by atoms with Crippen molar-refractivity contribution in [2.75, 3.05) is 13.1 Å². The molecular weight excluding hydrogens is 197 g/mol. The van der Waals surface area contributed by atoms with E-state index < -0.39 is 6.17 Å². The summed E-state index contributed by atoms with van der Waals surface area (Å²) < 4.78 is 18.3. The Balaban J connectivity index is 1.99. The summed E-state index contributed by atoms with van der Waals surface area (Å²) in [5.41, 5.74) is 6.44. The second kappa shape index (κ2) is 4.28. The van der Waals surface area contributed by atoms with E-state index in [1.165, 1.54) is 0 Å². The zero-order valence-corrected chi connectivity index (χ0v) is 8.82. The fraction of sp³-hybridized carbons (Fsp3) is 0.700. The number of likely N-dealkylation sites (tertiary alicyclic amines) is 1. The SMILES string of the molecule is Cc1cc(CN2CC(F)CC2CN)on1. The highest BCUT2D eigenvalue weighted by Crippen LogP contribution is 2.22. The van der Waals surface area contributed by atoms with Gasteiger partial charge in [-0.05, 0) is 13.3 Å². The molecule has 2 atom stereocenters. The van der Waals surface area contributed by atoms with Crippen molar-refractivity contribution in [1.82, 2.24) is 10.1 Å². The van der Waals surface area contributed by atoms with Gasteiger partial charge in [0.1, 0.15) is 6.17 Å². The molecule has 0 radical (unpaired) electrons. The van der Waals surface area contributed by atoms with Gasteiger partial charge in [0, 0.05) is 25.2 Å². The van der Waals surface area contributed by atoms with E-state index in [9.17, 15) is 4.39 Å². The van der Waals surface area contributed by atoms with Crippen molar-refractivity contribution in [1.29, 1.82) is 0 Å². The Hall–Kier alpha value is -0.940. The zero-order chi connectivity index (χ0) is 10.8. The molecule has 1 fully saturated rings. The molecule has 4 nitrogen and oxygen atoms in total. The number of nitrogens with zero attached hydrogens (tertiary/aromatic N) is 2. The maximum Gasteiger partial charge on any atom is 0.150 e. The molecule has 2 rings (SSSR count). The molecule has 0 aromatic carbocycles. The van der Waals surface area contributed by atoms with Gasteiger partial charge < -0.3 is 10.3 Å². The van der Waals surface area contributed by atoms with Gasteiger partial charge in [0.25, 0.3) is 0 Å². The molecule has 0 aliphatic carbocycles. The maximum absolute atomic E-state index is 13.2. The van der Waals surface area contributed by atoms with Crippen molar-refractivity contribution in [3.63, 3.8) is 0 Å². The Kier molecular flexibility index (Phi) is 3.02. The average Bonchev–Trinajstić information content (AvgIpc) is 2.73. The summed E-state index contributed by atoms with van der Waals surface area (Å²) in [6, 6.07) is 2.00. The van der Waals surface area contributed by atoms with Gasteiger partial charge in [-0.3, -0.25) is 4.90 Å². The number of halogens is 1. The Morgan fingerprint density at radius 2 is 2.53 bits per heavy atom. The predicted octanol–water partition coefficient (Wildman–Crippen LogP) is 0.854. The zero-order valence-electron chi connectivity index (χ0n) is 8.82. The van der Waals surface area contributed by atoms with Crippen molar-refractivity contribution >= 4 is 0 Å². The number of nitrogens with two attached hydrogens (primary N) is 1.